The molecule has 32 heavy (non-hydrogen) atoms. The van der Waals surface area contributed by atoms with Crippen molar-refractivity contribution in [3.8, 4) is 0 Å². The van der Waals surface area contributed by atoms with Crippen molar-refractivity contribution < 1.29 is 32.2 Å². The van der Waals surface area contributed by atoms with E-state index in [9.17, 15) is 22.8 Å². The Morgan fingerprint density at radius 3 is 2.28 bits per heavy atom. The number of alkyl halides is 3. The molecule has 6 nitrogen and oxygen atoms in total. The quantitative estimate of drug-likeness (QED) is 0.530. The molecular formula is C23H33F3N2O4. The summed E-state index contributed by atoms with van der Waals surface area (Å²) in [6, 6.07) is 2.96. The standard InChI is InChI=1S/C23H33F3N2O4/c1-6-31-20(29)16-9-12-18(23(24,25)26)19(13-16)27-14(2)15-7-10-17(11-8-15)28-21(30)32-22(3,4)5/h9,12-15,17,27H,6-8,10-11H2,1-5H3,(H,28,30). The van der Waals surface area contributed by atoms with Gasteiger partial charge >= 0.3 is 18.2 Å². The molecule has 1 aromatic rings. The highest BCUT2D eigenvalue weighted by Crippen LogP contribution is 2.37. The molecule has 1 atom stereocenters. The number of carbonyl (C=O) groups is 2. The summed E-state index contributed by atoms with van der Waals surface area (Å²) in [5.74, 6) is -0.537. The minimum absolute atomic E-state index is 0.0221. The van der Waals surface area contributed by atoms with Gasteiger partial charge in [-0.15, -0.1) is 0 Å². The van der Waals surface area contributed by atoms with E-state index in [0.717, 1.165) is 25.0 Å². The molecule has 2 rings (SSSR count). The lowest BCUT2D eigenvalue weighted by atomic mass is 9.82. The normalized spacial score (nSPS) is 20.2. The van der Waals surface area contributed by atoms with Gasteiger partial charge < -0.3 is 20.1 Å². The highest BCUT2D eigenvalue weighted by atomic mass is 19.4. The minimum Gasteiger partial charge on any atom is -0.462 e. The molecule has 0 spiro atoms. The Kier molecular flexibility index (Phi) is 8.42. The van der Waals surface area contributed by atoms with Crippen molar-refractivity contribution >= 4 is 17.7 Å². The molecule has 0 heterocycles. The van der Waals surface area contributed by atoms with Crippen molar-refractivity contribution in [2.45, 2.75) is 84.2 Å². The molecule has 1 amide bonds. The lowest BCUT2D eigenvalue weighted by molar-refractivity contribution is -0.137. The Morgan fingerprint density at radius 2 is 1.75 bits per heavy atom. The van der Waals surface area contributed by atoms with Crippen molar-refractivity contribution in [2.75, 3.05) is 11.9 Å². The van der Waals surface area contributed by atoms with E-state index in [1.807, 2.05) is 6.92 Å². The zero-order chi connectivity index (χ0) is 24.1. The molecule has 180 valence electrons. The third-order valence-electron chi connectivity index (χ3n) is 5.42. The van der Waals surface area contributed by atoms with E-state index in [-0.39, 0.29) is 35.9 Å². The Balaban J connectivity index is 2.03. The van der Waals surface area contributed by atoms with Gasteiger partial charge in [0.05, 0.1) is 17.7 Å². The first-order valence-corrected chi connectivity index (χ1v) is 10.9. The minimum atomic E-state index is -4.55. The van der Waals surface area contributed by atoms with Crippen LogP contribution in [0.1, 0.15) is 76.2 Å². The lowest BCUT2D eigenvalue weighted by Gasteiger charge is -2.34. The molecule has 0 aromatic heterocycles. The molecule has 0 radical (unpaired) electrons. The van der Waals surface area contributed by atoms with E-state index in [0.29, 0.717) is 12.8 Å². The maximum Gasteiger partial charge on any atom is 0.418 e. The number of halogens is 3. The summed E-state index contributed by atoms with van der Waals surface area (Å²) < 4.78 is 50.7. The molecule has 9 heteroatoms. The fraction of sp³-hybridized carbons (Fsp3) is 0.652. The molecule has 0 bridgehead atoms. The monoisotopic (exact) mass is 458 g/mol. The van der Waals surface area contributed by atoms with Gasteiger partial charge in [-0.2, -0.15) is 13.2 Å². The Labute approximate surface area is 187 Å². The van der Waals surface area contributed by atoms with Crippen LogP contribution in [0.4, 0.5) is 23.7 Å². The molecule has 0 aliphatic heterocycles. The maximum atomic E-state index is 13.5. The zero-order valence-electron chi connectivity index (χ0n) is 19.3. The Hall–Kier alpha value is -2.45. The SMILES string of the molecule is CCOC(=O)c1ccc(C(F)(F)F)c(NC(C)C2CCC(NC(=O)OC(C)(C)C)CC2)c1. The summed E-state index contributed by atoms with van der Waals surface area (Å²) >= 11 is 0. The van der Waals surface area contributed by atoms with Gasteiger partial charge in [0.15, 0.2) is 0 Å². The number of alkyl carbamates (subject to hydrolysis) is 1. The van der Waals surface area contributed by atoms with Gasteiger partial charge in [0, 0.05) is 17.8 Å². The predicted octanol–water partition coefficient (Wildman–Crippen LogP) is 5.77. The molecule has 1 saturated carbocycles. The summed E-state index contributed by atoms with van der Waals surface area (Å²) in [5.41, 5.74) is -1.46. The van der Waals surface area contributed by atoms with Gasteiger partial charge in [-0.25, -0.2) is 9.59 Å². The first kappa shape index (κ1) is 25.8. The van der Waals surface area contributed by atoms with Crippen LogP contribution >= 0.6 is 0 Å². The number of esters is 1. The van der Waals surface area contributed by atoms with Crippen LogP contribution in [-0.2, 0) is 15.7 Å². The van der Waals surface area contributed by atoms with Crippen molar-refractivity contribution in [1.82, 2.24) is 5.32 Å². The summed E-state index contributed by atoms with van der Waals surface area (Å²) in [6.45, 7) is 9.00. The maximum absolute atomic E-state index is 13.5. The second-order valence-corrected chi connectivity index (χ2v) is 9.17. The number of ether oxygens (including phenoxy) is 2. The third kappa shape index (κ3) is 7.60. The molecule has 1 fully saturated rings. The average Bonchev–Trinajstić information content (AvgIpc) is 2.66. The second kappa shape index (κ2) is 10.4. The molecule has 0 saturated heterocycles. The van der Waals surface area contributed by atoms with Crippen LogP contribution in [-0.4, -0.2) is 36.4 Å². The number of rotatable bonds is 6. The van der Waals surface area contributed by atoms with Crippen LogP contribution in [0.5, 0.6) is 0 Å². The number of benzene rings is 1. The van der Waals surface area contributed by atoms with E-state index in [4.69, 9.17) is 9.47 Å². The number of carbonyl (C=O) groups excluding carboxylic acids is 2. The first-order chi connectivity index (χ1) is 14.8. The summed E-state index contributed by atoms with van der Waals surface area (Å²) in [7, 11) is 0. The van der Waals surface area contributed by atoms with Crippen molar-refractivity contribution in [1.29, 1.82) is 0 Å². The summed E-state index contributed by atoms with van der Waals surface area (Å²) in [6.07, 6.45) is -2.10. The second-order valence-electron chi connectivity index (χ2n) is 9.17. The van der Waals surface area contributed by atoms with Gasteiger partial charge in [-0.05, 0) is 84.4 Å². The van der Waals surface area contributed by atoms with Gasteiger partial charge in [-0.1, -0.05) is 0 Å². The zero-order valence-corrected chi connectivity index (χ0v) is 19.3. The topological polar surface area (TPSA) is 76.7 Å². The van der Waals surface area contributed by atoms with Crippen LogP contribution < -0.4 is 10.6 Å². The number of hydrogen-bond acceptors (Lipinski definition) is 5. The van der Waals surface area contributed by atoms with Gasteiger partial charge in [0.2, 0.25) is 0 Å². The van der Waals surface area contributed by atoms with E-state index < -0.39 is 29.4 Å². The smallest absolute Gasteiger partial charge is 0.418 e. The molecular weight excluding hydrogens is 425 g/mol. The fourth-order valence-corrected chi connectivity index (χ4v) is 3.85. The van der Waals surface area contributed by atoms with Crippen LogP contribution in [0.3, 0.4) is 0 Å². The van der Waals surface area contributed by atoms with Gasteiger partial charge in [-0.3, -0.25) is 0 Å². The van der Waals surface area contributed by atoms with Crippen LogP contribution in [0, 0.1) is 5.92 Å². The Morgan fingerprint density at radius 1 is 1.12 bits per heavy atom. The number of anilines is 1. The molecule has 1 aliphatic rings. The highest BCUT2D eigenvalue weighted by molar-refractivity contribution is 5.91. The van der Waals surface area contributed by atoms with E-state index in [2.05, 4.69) is 10.6 Å². The van der Waals surface area contributed by atoms with E-state index >= 15 is 0 Å². The van der Waals surface area contributed by atoms with Crippen molar-refractivity contribution in [3.63, 3.8) is 0 Å². The number of amides is 1. The lowest BCUT2D eigenvalue weighted by Crippen LogP contribution is -2.42. The number of nitrogens with one attached hydrogen (secondary N) is 2. The predicted molar refractivity (Wildman–Crippen MR) is 116 cm³/mol. The third-order valence-corrected chi connectivity index (χ3v) is 5.42. The molecule has 2 N–H and O–H groups in total. The molecule has 1 aromatic carbocycles. The largest absolute Gasteiger partial charge is 0.462 e. The molecule has 1 aliphatic carbocycles. The summed E-state index contributed by atoms with van der Waals surface area (Å²) in [4.78, 5) is 23.9. The van der Waals surface area contributed by atoms with Crippen LogP contribution in [0.25, 0.3) is 0 Å². The number of hydrogen-bond donors (Lipinski definition) is 2. The van der Waals surface area contributed by atoms with Gasteiger partial charge in [0.25, 0.3) is 0 Å². The van der Waals surface area contributed by atoms with Crippen molar-refractivity contribution in [3.05, 3.63) is 29.3 Å². The average molecular weight is 459 g/mol. The Bertz CT molecular complexity index is 797. The first-order valence-electron chi connectivity index (χ1n) is 10.9. The van der Waals surface area contributed by atoms with Crippen LogP contribution in [0.15, 0.2) is 18.2 Å². The van der Waals surface area contributed by atoms with Crippen LogP contribution in [0.2, 0.25) is 0 Å². The molecule has 1 unspecified atom stereocenters. The highest BCUT2D eigenvalue weighted by Gasteiger charge is 2.35. The van der Waals surface area contributed by atoms with E-state index in [1.165, 1.54) is 6.07 Å². The van der Waals surface area contributed by atoms with E-state index in [1.54, 1.807) is 27.7 Å². The van der Waals surface area contributed by atoms with Crippen molar-refractivity contribution in [2.24, 2.45) is 5.92 Å². The summed E-state index contributed by atoms with van der Waals surface area (Å²) in [5, 5.41) is 5.83. The van der Waals surface area contributed by atoms with Gasteiger partial charge in [0.1, 0.15) is 5.60 Å². The fourth-order valence-electron chi connectivity index (χ4n) is 3.85.